The maximum absolute atomic E-state index is 12.1. The minimum absolute atomic E-state index is 0.233. The van der Waals surface area contributed by atoms with E-state index in [1.807, 2.05) is 24.5 Å². The van der Waals surface area contributed by atoms with Crippen molar-refractivity contribution in [3.63, 3.8) is 0 Å². The zero-order valence-corrected chi connectivity index (χ0v) is 16.1. The second-order valence-corrected chi connectivity index (χ2v) is 7.01. The fraction of sp³-hybridized carbons (Fsp3) is 0.263. The fourth-order valence-electron chi connectivity index (χ4n) is 2.44. The van der Waals surface area contributed by atoms with E-state index in [1.54, 1.807) is 24.3 Å². The Morgan fingerprint density at radius 1 is 1.26 bits per heavy atom. The molecular weight excluding hydrogens is 390 g/mol. The van der Waals surface area contributed by atoms with Gasteiger partial charge in [-0.25, -0.2) is 4.79 Å². The third-order valence-corrected chi connectivity index (χ3v) is 4.88. The number of carbonyl (C=O) groups is 2. The topological polar surface area (TPSA) is 73.9 Å². The summed E-state index contributed by atoms with van der Waals surface area (Å²) in [4.78, 5) is 25.0. The average molecular weight is 408 g/mol. The van der Waals surface area contributed by atoms with E-state index in [0.717, 1.165) is 4.90 Å². The number of nitrogens with one attached hydrogen (secondary N) is 1. The summed E-state index contributed by atoms with van der Waals surface area (Å²) in [6.45, 7) is 0.171. The van der Waals surface area contributed by atoms with Crippen LogP contribution in [0.4, 0.5) is 0 Å². The van der Waals surface area contributed by atoms with Crippen LogP contribution in [0.5, 0.6) is 11.5 Å². The smallest absolute Gasteiger partial charge is 0.340 e. The molecule has 27 heavy (non-hydrogen) atoms. The van der Waals surface area contributed by atoms with Crippen LogP contribution in [0, 0.1) is 0 Å². The van der Waals surface area contributed by atoms with Crippen LogP contribution in [-0.4, -0.2) is 44.0 Å². The van der Waals surface area contributed by atoms with Crippen LogP contribution in [0.1, 0.15) is 10.4 Å². The van der Waals surface area contributed by atoms with Crippen molar-refractivity contribution in [2.45, 2.75) is 11.0 Å². The monoisotopic (exact) mass is 407 g/mol. The summed E-state index contributed by atoms with van der Waals surface area (Å²) in [5, 5.41) is 2.95. The van der Waals surface area contributed by atoms with Gasteiger partial charge in [-0.3, -0.25) is 4.79 Å². The number of halogens is 1. The van der Waals surface area contributed by atoms with E-state index in [2.05, 4.69) is 5.32 Å². The largest absolute Gasteiger partial charge is 0.486 e. The molecule has 1 aliphatic heterocycles. The lowest BCUT2D eigenvalue weighted by Gasteiger charge is -2.26. The summed E-state index contributed by atoms with van der Waals surface area (Å²) in [5.41, 5.74) is 0.233. The normalized spacial score (nSPS) is 15.1. The van der Waals surface area contributed by atoms with Crippen molar-refractivity contribution in [2.75, 3.05) is 26.0 Å². The van der Waals surface area contributed by atoms with Gasteiger partial charge < -0.3 is 19.5 Å². The highest BCUT2D eigenvalue weighted by molar-refractivity contribution is 7.98. The third kappa shape index (κ3) is 5.08. The van der Waals surface area contributed by atoms with Crippen molar-refractivity contribution in [2.24, 2.45) is 0 Å². The molecule has 0 spiro atoms. The Hall–Kier alpha value is -2.38. The first-order valence-electron chi connectivity index (χ1n) is 8.22. The number of thioether (sulfide) groups is 1. The van der Waals surface area contributed by atoms with Crippen LogP contribution in [0.15, 0.2) is 47.4 Å². The quantitative estimate of drug-likeness (QED) is 0.585. The average Bonchev–Trinajstić information content (AvgIpc) is 2.70. The van der Waals surface area contributed by atoms with Crippen molar-refractivity contribution >= 4 is 35.2 Å². The highest BCUT2D eigenvalue weighted by Crippen LogP contribution is 2.30. The van der Waals surface area contributed by atoms with Gasteiger partial charge in [0.05, 0.1) is 17.1 Å². The highest BCUT2D eigenvalue weighted by atomic mass is 35.5. The lowest BCUT2D eigenvalue weighted by Crippen LogP contribution is -2.42. The molecule has 1 aliphatic rings. The van der Waals surface area contributed by atoms with Crippen molar-refractivity contribution in [1.29, 1.82) is 0 Å². The number of amides is 1. The maximum atomic E-state index is 12.1. The van der Waals surface area contributed by atoms with Gasteiger partial charge in [-0.05, 0) is 36.6 Å². The van der Waals surface area contributed by atoms with Crippen LogP contribution in [0.25, 0.3) is 0 Å². The second kappa shape index (κ2) is 9.01. The summed E-state index contributed by atoms with van der Waals surface area (Å²) >= 11 is 7.51. The summed E-state index contributed by atoms with van der Waals surface area (Å²) in [6, 6.07) is 12.4. The van der Waals surface area contributed by atoms with E-state index in [4.69, 9.17) is 25.8 Å². The van der Waals surface area contributed by atoms with Gasteiger partial charge in [0.1, 0.15) is 12.7 Å². The second-order valence-electron chi connectivity index (χ2n) is 5.72. The number of para-hydroxylation sites is 2. The molecule has 0 saturated heterocycles. The molecule has 0 aliphatic carbocycles. The Labute approximate surface area is 166 Å². The van der Waals surface area contributed by atoms with Crippen LogP contribution < -0.4 is 14.8 Å². The molecule has 6 nitrogen and oxygen atoms in total. The Morgan fingerprint density at radius 2 is 2.04 bits per heavy atom. The number of ether oxygens (including phenoxy) is 3. The summed E-state index contributed by atoms with van der Waals surface area (Å²) < 4.78 is 16.4. The molecule has 1 N–H and O–H groups in total. The van der Waals surface area contributed by atoms with E-state index in [-0.39, 0.29) is 23.2 Å². The number of carbonyl (C=O) groups excluding carboxylic acids is 2. The zero-order chi connectivity index (χ0) is 19.2. The van der Waals surface area contributed by atoms with Gasteiger partial charge in [0.25, 0.3) is 5.91 Å². The Kier molecular flexibility index (Phi) is 6.47. The van der Waals surface area contributed by atoms with Gasteiger partial charge in [-0.1, -0.05) is 23.7 Å². The lowest BCUT2D eigenvalue weighted by molar-refractivity contribution is -0.124. The molecule has 0 aromatic heterocycles. The third-order valence-electron chi connectivity index (χ3n) is 3.82. The van der Waals surface area contributed by atoms with Gasteiger partial charge in [-0.2, -0.15) is 0 Å². The predicted octanol–water partition coefficient (Wildman–Crippen LogP) is 3.17. The lowest BCUT2D eigenvalue weighted by atomic mass is 10.2. The van der Waals surface area contributed by atoms with Gasteiger partial charge in [0, 0.05) is 4.90 Å². The molecule has 2 aromatic rings. The Bertz CT molecular complexity index is 845. The Morgan fingerprint density at radius 3 is 2.81 bits per heavy atom. The first-order chi connectivity index (χ1) is 13.1. The first kappa shape index (κ1) is 19.4. The van der Waals surface area contributed by atoms with E-state index in [0.29, 0.717) is 18.1 Å². The summed E-state index contributed by atoms with van der Waals surface area (Å²) in [6.07, 6.45) is 1.58. The molecule has 1 heterocycles. The molecule has 3 rings (SSSR count). The van der Waals surface area contributed by atoms with E-state index >= 15 is 0 Å². The number of fused-ring (bicyclic) bond motifs is 1. The van der Waals surface area contributed by atoms with Gasteiger partial charge in [-0.15, -0.1) is 11.8 Å². The van der Waals surface area contributed by atoms with E-state index < -0.39 is 18.5 Å². The molecule has 1 atom stereocenters. The van der Waals surface area contributed by atoms with E-state index in [9.17, 15) is 9.59 Å². The molecule has 0 radical (unpaired) electrons. The Balaban J connectivity index is 1.46. The number of benzene rings is 2. The summed E-state index contributed by atoms with van der Waals surface area (Å²) in [5.74, 6) is 0.247. The molecule has 0 unspecified atom stereocenters. The summed E-state index contributed by atoms with van der Waals surface area (Å²) in [7, 11) is 0. The van der Waals surface area contributed by atoms with Gasteiger partial charge in [0.2, 0.25) is 0 Å². The van der Waals surface area contributed by atoms with Crippen molar-refractivity contribution in [3.05, 3.63) is 53.1 Å². The first-order valence-corrected chi connectivity index (χ1v) is 9.83. The van der Waals surface area contributed by atoms with E-state index in [1.165, 1.54) is 11.8 Å². The van der Waals surface area contributed by atoms with Crippen molar-refractivity contribution in [3.8, 4) is 11.5 Å². The number of esters is 1. The van der Waals surface area contributed by atoms with Gasteiger partial charge >= 0.3 is 5.97 Å². The minimum atomic E-state index is -0.641. The number of hydrogen-bond donors (Lipinski definition) is 1. The maximum Gasteiger partial charge on any atom is 0.340 e. The molecule has 0 saturated carbocycles. The van der Waals surface area contributed by atoms with Crippen LogP contribution in [0.2, 0.25) is 5.02 Å². The predicted molar refractivity (Wildman–Crippen MR) is 103 cm³/mol. The molecule has 8 heteroatoms. The standard InChI is InChI=1S/C19H18ClNO5S/c1-27-13-6-7-15(20)14(8-13)19(23)25-11-18(22)21-9-12-10-24-16-4-2-3-5-17(16)26-12/h2-8,12H,9-11H2,1H3,(H,21,22)/t12-/m0/s1. The van der Waals surface area contributed by atoms with Gasteiger partial charge in [0.15, 0.2) is 18.1 Å². The number of rotatable bonds is 6. The van der Waals surface area contributed by atoms with Crippen LogP contribution in [-0.2, 0) is 9.53 Å². The molecule has 2 aromatic carbocycles. The molecule has 0 fully saturated rings. The van der Waals surface area contributed by atoms with Crippen molar-refractivity contribution < 1.29 is 23.8 Å². The minimum Gasteiger partial charge on any atom is -0.486 e. The molecule has 1 amide bonds. The molecule has 0 bridgehead atoms. The molecular formula is C19H18ClNO5S. The van der Waals surface area contributed by atoms with Crippen LogP contribution in [0.3, 0.4) is 0 Å². The van der Waals surface area contributed by atoms with Crippen LogP contribution >= 0.6 is 23.4 Å². The zero-order valence-electron chi connectivity index (χ0n) is 14.6. The highest BCUT2D eigenvalue weighted by Gasteiger charge is 2.21. The number of hydrogen-bond acceptors (Lipinski definition) is 6. The van der Waals surface area contributed by atoms with Crippen molar-refractivity contribution in [1.82, 2.24) is 5.32 Å². The molecule has 142 valence electrons. The fourth-order valence-corrected chi connectivity index (χ4v) is 3.07. The SMILES string of the molecule is CSc1ccc(Cl)c(C(=O)OCC(=O)NC[C@H]2COc3ccccc3O2)c1.